The van der Waals surface area contributed by atoms with Crippen LogP contribution in [0.3, 0.4) is 0 Å². The van der Waals surface area contributed by atoms with E-state index >= 15 is 0 Å². The first-order chi connectivity index (χ1) is 5.77. The third-order valence-electron chi connectivity index (χ3n) is 0.976. The van der Waals surface area contributed by atoms with E-state index in [-0.39, 0.29) is 5.12 Å². The molecule has 0 aliphatic carbocycles. The summed E-state index contributed by atoms with van der Waals surface area (Å²) in [4.78, 5) is 9.82. The highest BCUT2D eigenvalue weighted by Crippen LogP contribution is 1.80. The number of hydrogen-bond acceptors (Lipinski definition) is 1. The third-order valence-corrected chi connectivity index (χ3v) is 1.12. The Morgan fingerprint density at radius 3 is 1.50 bits per heavy atom. The summed E-state index contributed by atoms with van der Waals surface area (Å²) < 4.78 is 0. The Morgan fingerprint density at radius 1 is 1.08 bits per heavy atom. The van der Waals surface area contributed by atoms with Gasteiger partial charge in [-0.2, -0.15) is 0 Å². The third kappa shape index (κ3) is 8.98. The molecule has 0 unspecified atom stereocenters. The zero-order valence-electron chi connectivity index (χ0n) is 6.97. The van der Waals surface area contributed by atoms with Crippen LogP contribution in [0.15, 0.2) is 48.6 Å². The van der Waals surface area contributed by atoms with Crippen molar-refractivity contribution in [2.24, 2.45) is 0 Å². The minimum atomic E-state index is -0.197. The molecule has 0 radical (unpaired) electrons. The molecule has 0 aliphatic rings. The van der Waals surface area contributed by atoms with E-state index in [9.17, 15) is 4.79 Å². The van der Waals surface area contributed by atoms with Crippen LogP contribution in [0.5, 0.6) is 0 Å². The highest BCUT2D eigenvalue weighted by atomic mass is 32.1. The van der Waals surface area contributed by atoms with Gasteiger partial charge < -0.3 is 0 Å². The molecule has 0 atom stereocenters. The van der Waals surface area contributed by atoms with Crippen molar-refractivity contribution in [3.63, 3.8) is 0 Å². The maximum Gasteiger partial charge on any atom is 0.208 e. The smallest absolute Gasteiger partial charge is 0.208 e. The fourth-order valence-corrected chi connectivity index (χ4v) is 0.677. The zero-order chi connectivity index (χ0) is 9.23. The van der Waals surface area contributed by atoms with Crippen LogP contribution in [0.1, 0.15) is 6.92 Å². The zero-order valence-corrected chi connectivity index (χ0v) is 7.87. The standard InChI is InChI=1S/C6H6.C4H6OS/c1-2-4-6-5-3-1;1-2-3-4(5)6/h1-6H;2-3H,1H3,(H,5,6). The number of hydrogen-bond donors (Lipinski definition) is 1. The summed E-state index contributed by atoms with van der Waals surface area (Å²) in [5.74, 6) is 0. The summed E-state index contributed by atoms with van der Waals surface area (Å²) in [6.07, 6.45) is 3.04. The van der Waals surface area contributed by atoms with Gasteiger partial charge in [0.1, 0.15) is 0 Å². The molecule has 2 heteroatoms. The van der Waals surface area contributed by atoms with E-state index < -0.39 is 0 Å². The number of rotatable bonds is 1. The molecule has 0 saturated carbocycles. The molecular formula is C10H12OS. The van der Waals surface area contributed by atoms with Gasteiger partial charge >= 0.3 is 0 Å². The van der Waals surface area contributed by atoms with Crippen molar-refractivity contribution in [2.75, 3.05) is 0 Å². The average Bonchev–Trinajstić information content (AvgIpc) is 2.08. The lowest BCUT2D eigenvalue weighted by Gasteiger charge is -1.69. The lowest BCUT2D eigenvalue weighted by Crippen LogP contribution is -1.70. The Bertz CT molecular complexity index is 202. The quantitative estimate of drug-likeness (QED) is 0.519. The molecule has 0 heterocycles. The van der Waals surface area contributed by atoms with Crippen LogP contribution in [0.4, 0.5) is 0 Å². The molecular weight excluding hydrogens is 168 g/mol. The Labute approximate surface area is 78.5 Å². The van der Waals surface area contributed by atoms with Crippen molar-refractivity contribution < 1.29 is 4.79 Å². The van der Waals surface area contributed by atoms with Gasteiger partial charge in [-0.25, -0.2) is 0 Å². The fraction of sp³-hybridized carbons (Fsp3) is 0.100. The summed E-state index contributed by atoms with van der Waals surface area (Å²) >= 11 is 3.45. The summed E-state index contributed by atoms with van der Waals surface area (Å²) in [5, 5.41) is -0.197. The SMILES string of the molecule is CC=CC(=O)S.c1ccccc1. The highest BCUT2D eigenvalue weighted by molar-refractivity contribution is 7.97. The van der Waals surface area contributed by atoms with E-state index in [1.165, 1.54) is 6.08 Å². The molecule has 0 fully saturated rings. The molecule has 12 heavy (non-hydrogen) atoms. The molecule has 1 rings (SSSR count). The first-order valence-electron chi connectivity index (χ1n) is 3.63. The maximum absolute atomic E-state index is 9.82. The predicted molar refractivity (Wildman–Crippen MR) is 55.2 cm³/mol. The van der Waals surface area contributed by atoms with Crippen LogP contribution in [0.25, 0.3) is 0 Å². The van der Waals surface area contributed by atoms with Crippen LogP contribution in [0.2, 0.25) is 0 Å². The predicted octanol–water partition coefficient (Wildman–Crippen LogP) is 2.71. The molecule has 0 aromatic heterocycles. The minimum Gasteiger partial charge on any atom is -0.283 e. The van der Waals surface area contributed by atoms with Gasteiger partial charge in [-0.15, -0.1) is 12.6 Å². The molecule has 0 bridgehead atoms. The van der Waals surface area contributed by atoms with Crippen LogP contribution in [-0.4, -0.2) is 5.12 Å². The molecule has 1 nitrogen and oxygen atoms in total. The maximum atomic E-state index is 9.82. The second-order valence-electron chi connectivity index (χ2n) is 1.99. The van der Waals surface area contributed by atoms with Gasteiger partial charge in [-0.05, 0) is 13.0 Å². The van der Waals surface area contributed by atoms with E-state index in [0.717, 1.165) is 0 Å². The number of carbonyl (C=O) groups is 1. The summed E-state index contributed by atoms with van der Waals surface area (Å²) in [6, 6.07) is 12.0. The second-order valence-corrected chi connectivity index (χ2v) is 2.43. The van der Waals surface area contributed by atoms with E-state index in [0.29, 0.717) is 0 Å². The van der Waals surface area contributed by atoms with Crippen molar-refractivity contribution in [3.8, 4) is 0 Å². The Balaban J connectivity index is 0.000000202. The molecule has 1 aromatic carbocycles. The van der Waals surface area contributed by atoms with Crippen molar-refractivity contribution in [1.29, 1.82) is 0 Å². The Hall–Kier alpha value is -1.02. The first kappa shape index (κ1) is 11.0. The summed E-state index contributed by atoms with van der Waals surface area (Å²) in [7, 11) is 0. The molecule has 0 saturated heterocycles. The van der Waals surface area contributed by atoms with Gasteiger partial charge in [0, 0.05) is 0 Å². The fourth-order valence-electron chi connectivity index (χ4n) is 0.527. The van der Waals surface area contributed by atoms with Gasteiger partial charge in [-0.3, -0.25) is 4.79 Å². The van der Waals surface area contributed by atoms with Crippen LogP contribution in [-0.2, 0) is 4.79 Å². The number of benzene rings is 1. The lowest BCUT2D eigenvalue weighted by molar-refractivity contribution is -0.106. The monoisotopic (exact) mass is 180 g/mol. The van der Waals surface area contributed by atoms with Gasteiger partial charge in [0.25, 0.3) is 0 Å². The van der Waals surface area contributed by atoms with Gasteiger partial charge in [0.05, 0.1) is 0 Å². The molecule has 0 spiro atoms. The van der Waals surface area contributed by atoms with Gasteiger partial charge in [0.15, 0.2) is 0 Å². The van der Waals surface area contributed by atoms with Crippen LogP contribution >= 0.6 is 12.6 Å². The Kier molecular flexibility index (Phi) is 7.39. The van der Waals surface area contributed by atoms with Crippen molar-refractivity contribution in [2.45, 2.75) is 6.92 Å². The normalized spacial score (nSPS) is 8.83. The van der Waals surface area contributed by atoms with E-state index in [1.807, 2.05) is 36.4 Å². The van der Waals surface area contributed by atoms with Crippen molar-refractivity contribution >= 4 is 17.7 Å². The van der Waals surface area contributed by atoms with Gasteiger partial charge in [0.2, 0.25) is 5.12 Å². The highest BCUT2D eigenvalue weighted by Gasteiger charge is 1.74. The molecule has 0 aliphatic heterocycles. The minimum absolute atomic E-state index is 0.197. The summed E-state index contributed by atoms with van der Waals surface area (Å²) in [5.41, 5.74) is 0. The largest absolute Gasteiger partial charge is 0.283 e. The molecule has 0 N–H and O–H groups in total. The van der Waals surface area contributed by atoms with Crippen LogP contribution in [0, 0.1) is 0 Å². The molecule has 64 valence electrons. The number of thiol groups is 1. The lowest BCUT2D eigenvalue weighted by atomic mass is 10.4. The van der Waals surface area contributed by atoms with E-state index in [4.69, 9.17) is 0 Å². The Morgan fingerprint density at radius 2 is 1.42 bits per heavy atom. The van der Waals surface area contributed by atoms with E-state index in [1.54, 1.807) is 13.0 Å². The summed E-state index contributed by atoms with van der Waals surface area (Å²) in [6.45, 7) is 1.77. The number of allylic oxidation sites excluding steroid dienone is 1. The number of carbonyl (C=O) groups excluding carboxylic acids is 1. The average molecular weight is 180 g/mol. The molecule has 0 amide bonds. The van der Waals surface area contributed by atoms with E-state index in [2.05, 4.69) is 12.6 Å². The van der Waals surface area contributed by atoms with Crippen molar-refractivity contribution in [3.05, 3.63) is 48.6 Å². The van der Waals surface area contributed by atoms with Crippen LogP contribution < -0.4 is 0 Å². The molecule has 1 aromatic rings. The van der Waals surface area contributed by atoms with Crippen molar-refractivity contribution in [1.82, 2.24) is 0 Å². The second kappa shape index (κ2) is 8.08. The topological polar surface area (TPSA) is 17.1 Å². The van der Waals surface area contributed by atoms with Gasteiger partial charge in [-0.1, -0.05) is 42.5 Å². The first-order valence-corrected chi connectivity index (χ1v) is 4.07.